The maximum Gasteiger partial charge on any atom is 0.0950 e. The second kappa shape index (κ2) is 6.06. The van der Waals surface area contributed by atoms with Crippen molar-refractivity contribution in [3.63, 3.8) is 0 Å². The number of ether oxygens (including phenoxy) is 1. The molecule has 1 aromatic heterocycles. The highest BCUT2D eigenvalue weighted by Crippen LogP contribution is 2.29. The van der Waals surface area contributed by atoms with Crippen molar-refractivity contribution in [3.8, 4) is 0 Å². The van der Waals surface area contributed by atoms with Crippen LogP contribution in [0.25, 0.3) is 0 Å². The third-order valence-corrected chi connectivity index (χ3v) is 3.18. The van der Waals surface area contributed by atoms with Crippen LogP contribution in [-0.2, 0) is 4.74 Å². The van der Waals surface area contributed by atoms with Gasteiger partial charge in [-0.25, -0.2) is 0 Å². The van der Waals surface area contributed by atoms with Gasteiger partial charge in [-0.2, -0.15) is 0 Å². The van der Waals surface area contributed by atoms with Gasteiger partial charge in [0.2, 0.25) is 0 Å². The van der Waals surface area contributed by atoms with Gasteiger partial charge in [0.05, 0.1) is 19.1 Å². The summed E-state index contributed by atoms with van der Waals surface area (Å²) >= 11 is 0. The maximum absolute atomic E-state index is 5.57. The lowest BCUT2D eigenvalue weighted by atomic mass is 9.90. The number of hydrogen-bond donors (Lipinski definition) is 1. The zero-order valence-corrected chi connectivity index (χ0v) is 9.95. The van der Waals surface area contributed by atoms with E-state index in [1.165, 1.54) is 18.4 Å². The largest absolute Gasteiger partial charge is 0.472 e. The fraction of sp³-hybridized carbons (Fsp3) is 0.692. The Kier molecular flexibility index (Phi) is 4.43. The van der Waals surface area contributed by atoms with Crippen LogP contribution in [-0.4, -0.2) is 19.8 Å². The molecule has 3 nitrogen and oxygen atoms in total. The first-order chi connectivity index (χ1) is 7.92. The van der Waals surface area contributed by atoms with Crippen LogP contribution < -0.4 is 5.32 Å². The monoisotopic (exact) mass is 223 g/mol. The molecule has 2 rings (SSSR count). The Morgan fingerprint density at radius 2 is 2.50 bits per heavy atom. The van der Waals surface area contributed by atoms with Crippen LogP contribution in [0.4, 0.5) is 0 Å². The number of furan rings is 1. The second-order valence-corrected chi connectivity index (χ2v) is 4.47. The topological polar surface area (TPSA) is 34.4 Å². The summed E-state index contributed by atoms with van der Waals surface area (Å²) in [5, 5.41) is 3.60. The molecule has 1 aromatic rings. The van der Waals surface area contributed by atoms with Gasteiger partial charge in [-0.05, 0) is 31.9 Å². The lowest BCUT2D eigenvalue weighted by Gasteiger charge is -2.30. The molecule has 3 heteroatoms. The van der Waals surface area contributed by atoms with Crippen molar-refractivity contribution in [2.24, 2.45) is 5.92 Å². The zero-order valence-electron chi connectivity index (χ0n) is 9.95. The first-order valence-corrected chi connectivity index (χ1v) is 6.25. The molecule has 2 unspecified atom stereocenters. The normalized spacial score (nSPS) is 23.2. The average Bonchev–Trinajstić information content (AvgIpc) is 2.85. The zero-order chi connectivity index (χ0) is 11.2. The minimum atomic E-state index is 0.388. The van der Waals surface area contributed by atoms with Crippen molar-refractivity contribution in [2.75, 3.05) is 19.8 Å². The van der Waals surface area contributed by atoms with Crippen LogP contribution in [0.3, 0.4) is 0 Å². The van der Waals surface area contributed by atoms with Gasteiger partial charge < -0.3 is 14.5 Å². The van der Waals surface area contributed by atoms with E-state index in [0.717, 1.165) is 26.2 Å². The summed E-state index contributed by atoms with van der Waals surface area (Å²) in [4.78, 5) is 0. The summed E-state index contributed by atoms with van der Waals surface area (Å²) in [5.74, 6) is 0.581. The molecule has 1 N–H and O–H groups in total. The second-order valence-electron chi connectivity index (χ2n) is 4.47. The van der Waals surface area contributed by atoms with Crippen LogP contribution in [0.5, 0.6) is 0 Å². The molecule has 0 amide bonds. The van der Waals surface area contributed by atoms with Crippen LogP contribution >= 0.6 is 0 Å². The van der Waals surface area contributed by atoms with Gasteiger partial charge in [-0.1, -0.05) is 6.92 Å². The standard InChI is InChI=1S/C13H21NO2/c1-2-6-14-13(12-5-8-16-10-12)11-4-3-7-15-9-11/h5,8,10-11,13-14H,2-4,6-7,9H2,1H3. The number of rotatable bonds is 5. The summed E-state index contributed by atoms with van der Waals surface area (Å²) in [7, 11) is 0. The van der Waals surface area contributed by atoms with E-state index in [-0.39, 0.29) is 0 Å². The third-order valence-electron chi connectivity index (χ3n) is 3.18. The van der Waals surface area contributed by atoms with Gasteiger partial charge in [0.1, 0.15) is 0 Å². The number of nitrogens with one attached hydrogen (secondary N) is 1. The van der Waals surface area contributed by atoms with Crippen LogP contribution in [0.15, 0.2) is 23.0 Å². The van der Waals surface area contributed by atoms with Crippen molar-refractivity contribution < 1.29 is 9.15 Å². The molecule has 1 saturated heterocycles. The molecule has 0 bridgehead atoms. The number of hydrogen-bond acceptors (Lipinski definition) is 3. The Hall–Kier alpha value is -0.800. The molecule has 1 fully saturated rings. The van der Waals surface area contributed by atoms with Gasteiger partial charge in [0.15, 0.2) is 0 Å². The van der Waals surface area contributed by atoms with Crippen molar-refractivity contribution in [1.82, 2.24) is 5.32 Å². The highest BCUT2D eigenvalue weighted by atomic mass is 16.5. The summed E-state index contributed by atoms with van der Waals surface area (Å²) < 4.78 is 10.8. The molecule has 90 valence electrons. The quantitative estimate of drug-likeness (QED) is 0.833. The van der Waals surface area contributed by atoms with E-state index in [1.807, 2.05) is 6.26 Å². The Morgan fingerprint density at radius 3 is 3.12 bits per heavy atom. The molecule has 2 heterocycles. The van der Waals surface area contributed by atoms with Gasteiger partial charge in [-0.3, -0.25) is 0 Å². The van der Waals surface area contributed by atoms with Crippen LogP contribution in [0.1, 0.15) is 37.8 Å². The molecular weight excluding hydrogens is 202 g/mol. The van der Waals surface area contributed by atoms with E-state index in [0.29, 0.717) is 12.0 Å². The third kappa shape index (κ3) is 2.86. The molecule has 16 heavy (non-hydrogen) atoms. The first kappa shape index (κ1) is 11.7. The molecule has 1 aliphatic heterocycles. The van der Waals surface area contributed by atoms with Gasteiger partial charge in [0, 0.05) is 24.1 Å². The van der Waals surface area contributed by atoms with Crippen molar-refractivity contribution in [1.29, 1.82) is 0 Å². The van der Waals surface area contributed by atoms with Gasteiger partial charge in [0.25, 0.3) is 0 Å². The minimum absolute atomic E-state index is 0.388. The van der Waals surface area contributed by atoms with Gasteiger partial charge in [-0.15, -0.1) is 0 Å². The van der Waals surface area contributed by atoms with E-state index >= 15 is 0 Å². The average molecular weight is 223 g/mol. The molecule has 0 aliphatic carbocycles. The predicted octanol–water partition coefficient (Wildman–Crippen LogP) is 2.75. The summed E-state index contributed by atoms with van der Waals surface area (Å²) in [5.41, 5.74) is 1.25. The minimum Gasteiger partial charge on any atom is -0.472 e. The van der Waals surface area contributed by atoms with E-state index in [1.54, 1.807) is 6.26 Å². The summed E-state index contributed by atoms with van der Waals surface area (Å²) in [6.07, 6.45) is 7.17. The Morgan fingerprint density at radius 1 is 1.56 bits per heavy atom. The molecule has 0 spiro atoms. The Labute approximate surface area is 97.2 Å². The van der Waals surface area contributed by atoms with E-state index in [4.69, 9.17) is 9.15 Å². The van der Waals surface area contributed by atoms with Gasteiger partial charge >= 0.3 is 0 Å². The molecule has 0 aromatic carbocycles. The molecule has 0 radical (unpaired) electrons. The Bertz CT molecular complexity index is 278. The molecule has 0 saturated carbocycles. The fourth-order valence-corrected chi connectivity index (χ4v) is 2.34. The van der Waals surface area contributed by atoms with Crippen molar-refractivity contribution >= 4 is 0 Å². The molecule has 1 aliphatic rings. The van der Waals surface area contributed by atoms with Crippen molar-refractivity contribution in [3.05, 3.63) is 24.2 Å². The highest BCUT2D eigenvalue weighted by Gasteiger charge is 2.25. The summed E-state index contributed by atoms with van der Waals surface area (Å²) in [6.45, 7) is 5.03. The fourth-order valence-electron chi connectivity index (χ4n) is 2.34. The lowest BCUT2D eigenvalue weighted by molar-refractivity contribution is 0.0389. The molecule has 2 atom stereocenters. The SMILES string of the molecule is CCCNC(c1ccoc1)C1CCCOC1. The van der Waals surface area contributed by atoms with E-state index < -0.39 is 0 Å². The van der Waals surface area contributed by atoms with Crippen LogP contribution in [0, 0.1) is 5.92 Å². The van der Waals surface area contributed by atoms with Crippen molar-refractivity contribution in [2.45, 2.75) is 32.2 Å². The molecular formula is C13H21NO2. The smallest absolute Gasteiger partial charge is 0.0950 e. The van der Waals surface area contributed by atoms with Crippen LogP contribution in [0.2, 0.25) is 0 Å². The highest BCUT2D eigenvalue weighted by molar-refractivity contribution is 5.13. The van der Waals surface area contributed by atoms with E-state index in [9.17, 15) is 0 Å². The maximum atomic E-state index is 5.57. The summed E-state index contributed by atoms with van der Waals surface area (Å²) in [6, 6.07) is 2.45. The lowest BCUT2D eigenvalue weighted by Crippen LogP contribution is -2.33. The first-order valence-electron chi connectivity index (χ1n) is 6.25. The predicted molar refractivity (Wildman–Crippen MR) is 63.3 cm³/mol. The Balaban J connectivity index is 2.01. The van der Waals surface area contributed by atoms with E-state index in [2.05, 4.69) is 18.3 Å².